The van der Waals surface area contributed by atoms with Crippen molar-refractivity contribution >= 4 is 11.7 Å². The number of hydrogen-bond acceptors (Lipinski definition) is 4. The predicted octanol–water partition coefficient (Wildman–Crippen LogP) is 3.00. The number of amides is 1. The van der Waals surface area contributed by atoms with Gasteiger partial charge in [-0.15, -0.1) is 0 Å². The van der Waals surface area contributed by atoms with E-state index in [2.05, 4.69) is 37.6 Å². The number of piperidine rings is 1. The summed E-state index contributed by atoms with van der Waals surface area (Å²) in [4.78, 5) is 27.4. The van der Waals surface area contributed by atoms with Crippen molar-refractivity contribution in [3.8, 4) is 0 Å². The van der Waals surface area contributed by atoms with Crippen LogP contribution in [0.15, 0.2) is 25.1 Å². The highest BCUT2D eigenvalue weighted by molar-refractivity contribution is 6.01. The van der Waals surface area contributed by atoms with Crippen LogP contribution in [0.3, 0.4) is 0 Å². The van der Waals surface area contributed by atoms with Gasteiger partial charge in [-0.05, 0) is 36.8 Å². The summed E-state index contributed by atoms with van der Waals surface area (Å²) < 4.78 is 38.1. The number of carbonyl (C=O) groups excluding carboxylic acids is 2. The van der Waals surface area contributed by atoms with Crippen LogP contribution in [0.1, 0.15) is 40.0 Å². The third kappa shape index (κ3) is 4.36. The molecule has 1 saturated carbocycles. The molecule has 2 fully saturated rings. The first kappa shape index (κ1) is 22.3. The molecule has 2 rings (SSSR count). The van der Waals surface area contributed by atoms with Crippen LogP contribution in [0, 0.1) is 17.3 Å². The predicted molar refractivity (Wildman–Crippen MR) is 101 cm³/mol. The standard InChI is InChI=1S/C20H30F3N3O2/c1-6-19(5)13-11-26(8-3)16(15(13)19)18(28)25-14(9-10-20(21,22)23)17(27)12(4)24-7-2/h8,13-16,24H,3-4,6-7,9-11H2,1-2,5H3,(H,25,28)/t13?,14?,15-,16?,19-/m0/s1. The maximum atomic E-state index is 13.0. The van der Waals surface area contributed by atoms with Crippen molar-refractivity contribution in [3.05, 3.63) is 25.1 Å². The maximum absolute atomic E-state index is 13.0. The van der Waals surface area contributed by atoms with Gasteiger partial charge in [-0.25, -0.2) is 0 Å². The van der Waals surface area contributed by atoms with Crippen LogP contribution in [0.2, 0.25) is 0 Å². The Bertz CT molecular complexity index is 649. The van der Waals surface area contributed by atoms with E-state index in [1.165, 1.54) is 0 Å². The zero-order valence-corrected chi connectivity index (χ0v) is 16.7. The van der Waals surface area contributed by atoms with Crippen molar-refractivity contribution < 1.29 is 22.8 Å². The SMILES string of the molecule is C=CN1CC2[C@@H](C1C(=O)NC(CCC(F)(F)F)C(=O)C(=C)NCC)[C@@]2(C)CC. The zero-order chi connectivity index (χ0) is 21.3. The number of rotatable bonds is 10. The van der Waals surface area contributed by atoms with Gasteiger partial charge in [-0.2, -0.15) is 13.2 Å². The van der Waals surface area contributed by atoms with E-state index in [0.29, 0.717) is 19.0 Å². The topological polar surface area (TPSA) is 61.4 Å². The molecule has 1 aliphatic carbocycles. The van der Waals surface area contributed by atoms with E-state index < -0.39 is 42.8 Å². The highest BCUT2D eigenvalue weighted by Gasteiger charge is 2.69. The van der Waals surface area contributed by atoms with Gasteiger partial charge in [0.2, 0.25) is 5.91 Å². The summed E-state index contributed by atoms with van der Waals surface area (Å²) in [6, 6.07) is -1.78. The molecule has 8 heteroatoms. The number of nitrogens with zero attached hydrogens (tertiary/aromatic N) is 1. The largest absolute Gasteiger partial charge is 0.389 e. The van der Waals surface area contributed by atoms with E-state index in [1.54, 1.807) is 13.1 Å². The second-order valence-electron chi connectivity index (χ2n) is 7.90. The number of nitrogens with one attached hydrogen (secondary N) is 2. The molecule has 1 aliphatic heterocycles. The fourth-order valence-corrected chi connectivity index (χ4v) is 4.49. The van der Waals surface area contributed by atoms with Crippen LogP contribution in [0.4, 0.5) is 13.2 Å². The Morgan fingerprint density at radius 2 is 2.00 bits per heavy atom. The van der Waals surface area contributed by atoms with Gasteiger partial charge in [0.1, 0.15) is 6.04 Å². The van der Waals surface area contributed by atoms with Crippen LogP contribution in [0.25, 0.3) is 0 Å². The molecule has 1 saturated heterocycles. The molecule has 1 heterocycles. The Balaban J connectivity index is 2.15. The van der Waals surface area contributed by atoms with E-state index in [9.17, 15) is 22.8 Å². The lowest BCUT2D eigenvalue weighted by atomic mass is 9.95. The monoisotopic (exact) mass is 401 g/mol. The summed E-state index contributed by atoms with van der Waals surface area (Å²) >= 11 is 0. The molecule has 2 N–H and O–H groups in total. The lowest BCUT2D eigenvalue weighted by Crippen LogP contribution is -2.51. The molecule has 2 aliphatic rings. The Hall–Kier alpha value is -1.99. The molecule has 1 amide bonds. The maximum Gasteiger partial charge on any atom is 0.389 e. The fourth-order valence-electron chi connectivity index (χ4n) is 4.49. The minimum atomic E-state index is -4.41. The molecule has 28 heavy (non-hydrogen) atoms. The number of Topliss-reactive ketones (excluding diaryl/α,β-unsaturated/α-hetero) is 1. The van der Waals surface area contributed by atoms with Gasteiger partial charge in [0.15, 0.2) is 5.78 Å². The van der Waals surface area contributed by atoms with E-state index >= 15 is 0 Å². The van der Waals surface area contributed by atoms with E-state index in [4.69, 9.17) is 0 Å². The molecule has 0 spiro atoms. The number of fused-ring (bicyclic) bond motifs is 1. The number of hydrogen-bond donors (Lipinski definition) is 2. The van der Waals surface area contributed by atoms with Crippen LogP contribution in [0.5, 0.6) is 0 Å². The summed E-state index contributed by atoms with van der Waals surface area (Å²) in [7, 11) is 0. The van der Waals surface area contributed by atoms with E-state index in [1.807, 2.05) is 4.90 Å². The van der Waals surface area contributed by atoms with Gasteiger partial charge in [0.25, 0.3) is 0 Å². The Labute approximate surface area is 164 Å². The minimum absolute atomic E-state index is 0.00432. The minimum Gasteiger partial charge on any atom is -0.383 e. The molecule has 0 aromatic heterocycles. The molecule has 5 nitrogen and oxygen atoms in total. The summed E-state index contributed by atoms with van der Waals surface area (Å²) in [5.41, 5.74) is 0.0463. The number of alkyl halides is 3. The molecule has 0 radical (unpaired) electrons. The van der Waals surface area contributed by atoms with Crippen molar-refractivity contribution in [2.75, 3.05) is 13.1 Å². The quantitative estimate of drug-likeness (QED) is 0.553. The number of ketones is 1. The van der Waals surface area contributed by atoms with Crippen LogP contribution in [-0.4, -0.2) is 47.9 Å². The Morgan fingerprint density at radius 3 is 2.50 bits per heavy atom. The van der Waals surface area contributed by atoms with Gasteiger partial charge in [0, 0.05) is 19.5 Å². The van der Waals surface area contributed by atoms with Crippen molar-refractivity contribution in [1.29, 1.82) is 0 Å². The molecule has 0 aromatic carbocycles. The van der Waals surface area contributed by atoms with E-state index in [-0.39, 0.29) is 17.0 Å². The first-order valence-electron chi connectivity index (χ1n) is 9.72. The van der Waals surface area contributed by atoms with Crippen LogP contribution < -0.4 is 10.6 Å². The third-order valence-electron chi connectivity index (χ3n) is 6.34. The average molecular weight is 401 g/mol. The fraction of sp³-hybridized carbons (Fsp3) is 0.700. The Morgan fingerprint density at radius 1 is 1.36 bits per heavy atom. The first-order valence-corrected chi connectivity index (χ1v) is 9.72. The second kappa shape index (κ2) is 8.17. The molecular formula is C20H30F3N3O2. The summed E-state index contributed by atoms with van der Waals surface area (Å²) in [5, 5.41) is 5.30. The Kier molecular flexibility index (Phi) is 6.51. The molecule has 3 unspecified atom stereocenters. The number of halogens is 3. The zero-order valence-electron chi connectivity index (χ0n) is 16.7. The van der Waals surface area contributed by atoms with Crippen molar-refractivity contribution in [2.24, 2.45) is 17.3 Å². The highest BCUT2D eigenvalue weighted by Crippen LogP contribution is 2.66. The lowest BCUT2D eigenvalue weighted by Gasteiger charge is -2.31. The van der Waals surface area contributed by atoms with Crippen LogP contribution in [-0.2, 0) is 9.59 Å². The van der Waals surface area contributed by atoms with E-state index in [0.717, 1.165) is 6.42 Å². The summed E-state index contributed by atoms with van der Waals surface area (Å²) in [6.45, 7) is 14.4. The molecule has 0 bridgehead atoms. The lowest BCUT2D eigenvalue weighted by molar-refractivity contribution is -0.141. The van der Waals surface area contributed by atoms with Crippen LogP contribution >= 0.6 is 0 Å². The van der Waals surface area contributed by atoms with Gasteiger partial charge < -0.3 is 15.5 Å². The van der Waals surface area contributed by atoms with Crippen molar-refractivity contribution in [1.82, 2.24) is 15.5 Å². The van der Waals surface area contributed by atoms with Gasteiger partial charge in [-0.3, -0.25) is 9.59 Å². The summed E-state index contributed by atoms with van der Waals surface area (Å²) in [6.07, 6.45) is -3.57. The smallest absolute Gasteiger partial charge is 0.383 e. The summed E-state index contributed by atoms with van der Waals surface area (Å²) in [5.74, 6) is -0.569. The second-order valence-corrected chi connectivity index (χ2v) is 7.90. The van der Waals surface area contributed by atoms with Gasteiger partial charge in [0.05, 0.1) is 11.7 Å². The molecule has 5 atom stereocenters. The molecule has 158 valence electrons. The molecular weight excluding hydrogens is 371 g/mol. The van der Waals surface area contributed by atoms with Gasteiger partial charge in [-0.1, -0.05) is 33.4 Å². The highest BCUT2D eigenvalue weighted by atomic mass is 19.4. The third-order valence-corrected chi connectivity index (χ3v) is 6.34. The average Bonchev–Trinajstić information content (AvgIpc) is 3.01. The first-order chi connectivity index (χ1) is 13.0. The number of likely N-dealkylation sites (N-methyl/N-ethyl adjacent to an activating group) is 1. The number of carbonyl (C=O) groups is 2. The van der Waals surface area contributed by atoms with Gasteiger partial charge >= 0.3 is 6.18 Å². The van der Waals surface area contributed by atoms with Crippen molar-refractivity contribution in [3.63, 3.8) is 0 Å². The van der Waals surface area contributed by atoms with Crippen molar-refractivity contribution in [2.45, 2.75) is 58.3 Å². The molecule has 0 aromatic rings. The number of likely N-dealkylation sites (tertiary alicyclic amines) is 1. The normalized spacial score (nSPS) is 29.6.